The van der Waals surface area contributed by atoms with E-state index in [9.17, 15) is 0 Å². The minimum Gasteiger partial charge on any atom is -0.0888 e. The number of benzene rings is 4. The quantitative estimate of drug-likeness (QED) is 0.236. The molecule has 0 aromatic heterocycles. The zero-order chi connectivity index (χ0) is 24.9. The van der Waals surface area contributed by atoms with Gasteiger partial charge in [-0.3, -0.25) is 0 Å². The molecule has 4 heterocycles. The van der Waals surface area contributed by atoms with Crippen molar-refractivity contribution in [2.24, 2.45) is 23.7 Å². The zero-order valence-electron chi connectivity index (χ0n) is 21.5. The number of hydrogen-bond acceptors (Lipinski definition) is 0. The summed E-state index contributed by atoms with van der Waals surface area (Å²) in [5.74, 6) is 3.83. The third kappa shape index (κ3) is 2.43. The number of rotatable bonds is 6. The van der Waals surface area contributed by atoms with E-state index in [1.807, 2.05) is 0 Å². The average Bonchev–Trinajstić information content (AvgIpc) is 3.47. The molecule has 10 rings (SSSR count). The van der Waals surface area contributed by atoms with Crippen molar-refractivity contribution in [1.29, 1.82) is 0 Å². The van der Waals surface area contributed by atoms with Gasteiger partial charge < -0.3 is 0 Å². The lowest BCUT2D eigenvalue weighted by Gasteiger charge is -2.59. The van der Waals surface area contributed by atoms with Gasteiger partial charge in [0.2, 0.25) is 0 Å². The van der Waals surface area contributed by atoms with E-state index in [4.69, 9.17) is 0 Å². The van der Waals surface area contributed by atoms with Crippen molar-refractivity contribution in [3.8, 4) is 0 Å². The smallest absolute Gasteiger partial charge is 0.0888 e. The predicted octanol–water partition coefficient (Wildman–Crippen LogP) is 7.22. The van der Waals surface area contributed by atoms with Gasteiger partial charge in [-0.2, -0.15) is 0 Å². The molecular formula is C36H32Si2. The first-order valence-corrected chi connectivity index (χ1v) is 18.9. The van der Waals surface area contributed by atoms with E-state index < -0.39 is 16.1 Å². The Morgan fingerprint density at radius 1 is 0.368 bits per heavy atom. The lowest BCUT2D eigenvalue weighted by atomic mass is 9.45. The van der Waals surface area contributed by atoms with E-state index in [0.717, 1.165) is 45.8 Å². The van der Waals surface area contributed by atoms with Gasteiger partial charge in [0.05, 0.1) is 0 Å². The summed E-state index contributed by atoms with van der Waals surface area (Å²) in [6.07, 6.45) is 5.02. The van der Waals surface area contributed by atoms with Crippen molar-refractivity contribution >= 4 is 38.7 Å². The van der Waals surface area contributed by atoms with E-state index in [1.54, 1.807) is 10.4 Å². The average molecular weight is 521 g/mol. The molecule has 4 aromatic carbocycles. The third-order valence-electron chi connectivity index (χ3n) is 11.7. The second-order valence-corrected chi connectivity index (χ2v) is 20.7. The molecule has 6 aliphatic rings. The second-order valence-electron chi connectivity index (χ2n) is 12.5. The van der Waals surface area contributed by atoms with Gasteiger partial charge in [-0.1, -0.05) is 155 Å². The Morgan fingerprint density at radius 2 is 0.658 bits per heavy atom. The Kier molecular flexibility index (Phi) is 4.38. The second kappa shape index (κ2) is 7.68. The number of hydrogen-bond donors (Lipinski definition) is 0. The molecule has 4 bridgehead atoms. The summed E-state index contributed by atoms with van der Waals surface area (Å²) in [7, 11) is -3.52. The third-order valence-corrected chi connectivity index (χ3v) is 23.3. The van der Waals surface area contributed by atoms with Crippen LogP contribution in [0.2, 0.25) is 22.2 Å². The summed E-state index contributed by atoms with van der Waals surface area (Å²) >= 11 is 0. The summed E-state index contributed by atoms with van der Waals surface area (Å²) in [6, 6.07) is 45.8. The van der Waals surface area contributed by atoms with Crippen LogP contribution in [0.4, 0.5) is 0 Å². The standard InChI is InChI=1S/C36H32Si2/c1-5-13-25(14-6-1)21-23-37(27-17-9-3-10-18-27)33-29-30-34(37)32-31(33)35(29)38(36(30)32,28-19-11-4-12-20-28)24-22-26-15-7-2-8-16-26/h1-24,29-36H/b23-21+,24-22+. The topological polar surface area (TPSA) is 0 Å². The Hall–Kier alpha value is -3.21. The lowest BCUT2D eigenvalue weighted by molar-refractivity contribution is -0.0323. The summed E-state index contributed by atoms with van der Waals surface area (Å²) in [5.41, 5.74) is 12.2. The fourth-order valence-electron chi connectivity index (χ4n) is 11.0. The molecule has 6 fully saturated rings. The Morgan fingerprint density at radius 3 is 0.974 bits per heavy atom. The van der Waals surface area contributed by atoms with Gasteiger partial charge in [-0.15, -0.1) is 0 Å². The highest BCUT2D eigenvalue weighted by atomic mass is 28.3. The van der Waals surface area contributed by atoms with Gasteiger partial charge in [0, 0.05) is 0 Å². The van der Waals surface area contributed by atoms with Gasteiger partial charge in [0.1, 0.15) is 16.1 Å². The van der Waals surface area contributed by atoms with Crippen molar-refractivity contribution in [2.75, 3.05) is 0 Å². The normalized spacial score (nSPS) is 40.6. The molecule has 0 amide bonds. The highest BCUT2D eigenvalue weighted by Crippen LogP contribution is 2.99. The van der Waals surface area contributed by atoms with Crippen LogP contribution in [0.25, 0.3) is 12.2 Å². The van der Waals surface area contributed by atoms with Gasteiger partial charge in [-0.25, -0.2) is 0 Å². The van der Waals surface area contributed by atoms with Crippen LogP contribution in [-0.2, 0) is 0 Å². The van der Waals surface area contributed by atoms with Gasteiger partial charge in [-0.05, 0) is 57.0 Å². The first-order chi connectivity index (χ1) is 18.9. The maximum atomic E-state index is 2.82. The molecule has 2 saturated carbocycles. The first-order valence-electron chi connectivity index (χ1n) is 14.5. The van der Waals surface area contributed by atoms with Crippen molar-refractivity contribution in [3.05, 3.63) is 144 Å². The molecule has 2 aliphatic carbocycles. The highest BCUT2D eigenvalue weighted by molar-refractivity contribution is 7.06. The monoisotopic (exact) mass is 520 g/mol. The molecule has 184 valence electrons. The van der Waals surface area contributed by atoms with E-state index in [-0.39, 0.29) is 0 Å². The molecule has 0 spiro atoms. The van der Waals surface area contributed by atoms with Crippen LogP contribution >= 0.6 is 0 Å². The summed E-state index contributed by atoms with van der Waals surface area (Å²) < 4.78 is 0. The predicted molar refractivity (Wildman–Crippen MR) is 164 cm³/mol. The zero-order valence-corrected chi connectivity index (χ0v) is 23.5. The van der Waals surface area contributed by atoms with E-state index in [1.165, 1.54) is 11.1 Å². The molecule has 0 unspecified atom stereocenters. The van der Waals surface area contributed by atoms with Crippen LogP contribution < -0.4 is 10.4 Å². The molecule has 2 heteroatoms. The van der Waals surface area contributed by atoms with E-state index in [0.29, 0.717) is 0 Å². The maximum absolute atomic E-state index is 2.82. The minimum absolute atomic E-state index is 0.953. The van der Waals surface area contributed by atoms with E-state index in [2.05, 4.69) is 145 Å². The Labute approximate surface area is 227 Å². The van der Waals surface area contributed by atoms with Crippen LogP contribution in [0, 0.1) is 23.7 Å². The van der Waals surface area contributed by atoms with Crippen molar-refractivity contribution in [2.45, 2.75) is 22.2 Å². The van der Waals surface area contributed by atoms with Crippen LogP contribution in [0.15, 0.2) is 133 Å². The lowest BCUT2D eigenvalue weighted by Crippen LogP contribution is -2.60. The van der Waals surface area contributed by atoms with Crippen molar-refractivity contribution in [1.82, 2.24) is 0 Å². The highest BCUT2D eigenvalue weighted by Gasteiger charge is 2.96. The molecule has 4 aliphatic heterocycles. The summed E-state index contributed by atoms with van der Waals surface area (Å²) in [4.78, 5) is 0. The van der Waals surface area contributed by atoms with Crippen LogP contribution in [0.3, 0.4) is 0 Å². The summed E-state index contributed by atoms with van der Waals surface area (Å²) in [5, 5.41) is 3.43. The fourth-order valence-corrected chi connectivity index (χ4v) is 26.5. The molecule has 0 N–H and O–H groups in total. The molecule has 4 aromatic rings. The molecule has 0 nitrogen and oxygen atoms in total. The van der Waals surface area contributed by atoms with Crippen molar-refractivity contribution < 1.29 is 0 Å². The molecule has 4 saturated heterocycles. The Bertz CT molecular complexity index is 1390. The molecular weight excluding hydrogens is 489 g/mol. The Balaban J connectivity index is 1.17. The van der Waals surface area contributed by atoms with Crippen LogP contribution in [-0.4, -0.2) is 16.1 Å². The minimum atomic E-state index is -1.76. The van der Waals surface area contributed by atoms with Crippen molar-refractivity contribution in [3.63, 3.8) is 0 Å². The van der Waals surface area contributed by atoms with Crippen LogP contribution in [0.1, 0.15) is 11.1 Å². The molecule has 0 radical (unpaired) electrons. The van der Waals surface area contributed by atoms with Crippen LogP contribution in [0.5, 0.6) is 0 Å². The molecule has 38 heavy (non-hydrogen) atoms. The largest absolute Gasteiger partial charge is 0.117 e. The SMILES string of the molecule is C(=C\[Si]1(c2ccccc2)C2C3C4C1C1C2C3[Si](/C=C/c2ccccc2)(c2ccccc2)C41)/c1ccccc1. The van der Waals surface area contributed by atoms with Gasteiger partial charge >= 0.3 is 0 Å². The summed E-state index contributed by atoms with van der Waals surface area (Å²) in [6.45, 7) is 0. The maximum Gasteiger partial charge on any atom is 0.117 e. The van der Waals surface area contributed by atoms with E-state index >= 15 is 0 Å². The van der Waals surface area contributed by atoms with Gasteiger partial charge in [0.25, 0.3) is 0 Å². The fraction of sp³-hybridized carbons (Fsp3) is 0.222. The van der Waals surface area contributed by atoms with Gasteiger partial charge in [0.15, 0.2) is 0 Å². The molecule has 0 atom stereocenters. The first kappa shape index (κ1) is 21.7.